The molecule has 3 rings (SSSR count). The molecular formula is C15H10N2O3. The Balaban J connectivity index is 2.19. The summed E-state index contributed by atoms with van der Waals surface area (Å²) in [5.74, 6) is -0.450. The second-order valence-corrected chi connectivity index (χ2v) is 4.30. The molecule has 0 bridgehead atoms. The van der Waals surface area contributed by atoms with E-state index in [0.29, 0.717) is 11.4 Å². The highest BCUT2D eigenvalue weighted by Crippen LogP contribution is 2.22. The molecule has 5 heteroatoms. The van der Waals surface area contributed by atoms with E-state index >= 15 is 0 Å². The van der Waals surface area contributed by atoms with Gasteiger partial charge in [-0.05, 0) is 18.2 Å². The zero-order valence-electron chi connectivity index (χ0n) is 10.4. The minimum atomic E-state index is -1.02. The van der Waals surface area contributed by atoms with Crippen LogP contribution in [0.15, 0.2) is 48.8 Å². The van der Waals surface area contributed by atoms with Gasteiger partial charge in [0.25, 0.3) is 0 Å². The number of aromatic carboxylic acids is 1. The third kappa shape index (κ3) is 1.85. The molecule has 0 radical (unpaired) electrons. The normalized spacial score (nSPS) is 10.6. The summed E-state index contributed by atoms with van der Waals surface area (Å²) in [4.78, 5) is 26.0. The second kappa shape index (κ2) is 4.62. The summed E-state index contributed by atoms with van der Waals surface area (Å²) >= 11 is 0. The van der Waals surface area contributed by atoms with E-state index in [1.54, 1.807) is 16.8 Å². The van der Waals surface area contributed by atoms with E-state index in [2.05, 4.69) is 4.98 Å². The number of pyridine rings is 1. The Morgan fingerprint density at radius 1 is 1.20 bits per heavy atom. The van der Waals surface area contributed by atoms with Crippen molar-refractivity contribution in [2.75, 3.05) is 0 Å². The molecule has 0 fully saturated rings. The van der Waals surface area contributed by atoms with Crippen LogP contribution >= 0.6 is 0 Å². The van der Waals surface area contributed by atoms with Crippen molar-refractivity contribution in [2.24, 2.45) is 0 Å². The lowest BCUT2D eigenvalue weighted by molar-refractivity contribution is 0.0696. The summed E-state index contributed by atoms with van der Waals surface area (Å²) in [5.41, 5.74) is 1.55. The molecule has 20 heavy (non-hydrogen) atoms. The zero-order valence-corrected chi connectivity index (χ0v) is 10.4. The molecule has 0 atom stereocenters. The van der Waals surface area contributed by atoms with Crippen molar-refractivity contribution in [3.05, 3.63) is 59.9 Å². The SMILES string of the molecule is O=Cc1cn(-c2ccc(C(=O)O)cn2)c2ccccc12. The van der Waals surface area contributed by atoms with E-state index < -0.39 is 5.97 Å². The van der Waals surface area contributed by atoms with E-state index in [-0.39, 0.29) is 5.56 Å². The molecule has 0 unspecified atom stereocenters. The summed E-state index contributed by atoms with van der Waals surface area (Å²) in [6.45, 7) is 0. The van der Waals surface area contributed by atoms with Crippen molar-refractivity contribution >= 4 is 23.2 Å². The number of carboxylic acids is 1. The molecule has 0 saturated carbocycles. The molecule has 2 heterocycles. The Morgan fingerprint density at radius 3 is 2.65 bits per heavy atom. The lowest BCUT2D eigenvalue weighted by Crippen LogP contribution is -2.00. The Kier molecular flexibility index (Phi) is 2.80. The van der Waals surface area contributed by atoms with Gasteiger partial charge < -0.3 is 9.67 Å². The molecule has 1 N–H and O–H groups in total. The number of rotatable bonds is 3. The summed E-state index contributed by atoms with van der Waals surface area (Å²) in [7, 11) is 0. The first-order chi connectivity index (χ1) is 9.70. The molecule has 98 valence electrons. The minimum Gasteiger partial charge on any atom is -0.478 e. The average molecular weight is 266 g/mol. The number of nitrogens with zero attached hydrogens (tertiary/aromatic N) is 2. The molecule has 0 aliphatic heterocycles. The fraction of sp³-hybridized carbons (Fsp3) is 0. The van der Waals surface area contributed by atoms with Gasteiger partial charge in [-0.3, -0.25) is 4.79 Å². The van der Waals surface area contributed by atoms with Gasteiger partial charge in [-0.2, -0.15) is 0 Å². The first-order valence-corrected chi connectivity index (χ1v) is 5.95. The van der Waals surface area contributed by atoms with Gasteiger partial charge in [-0.15, -0.1) is 0 Å². The first kappa shape index (κ1) is 12.1. The van der Waals surface area contributed by atoms with Crippen molar-refractivity contribution in [2.45, 2.75) is 0 Å². The van der Waals surface area contributed by atoms with E-state index in [1.807, 2.05) is 24.3 Å². The van der Waals surface area contributed by atoms with Crippen LogP contribution in [0.4, 0.5) is 0 Å². The van der Waals surface area contributed by atoms with Crippen LogP contribution in [0.5, 0.6) is 0 Å². The molecule has 5 nitrogen and oxygen atoms in total. The van der Waals surface area contributed by atoms with Gasteiger partial charge in [0.2, 0.25) is 0 Å². The molecular weight excluding hydrogens is 256 g/mol. The van der Waals surface area contributed by atoms with E-state index in [1.165, 1.54) is 12.3 Å². The third-order valence-electron chi connectivity index (χ3n) is 3.11. The predicted molar refractivity (Wildman–Crippen MR) is 73.4 cm³/mol. The summed E-state index contributed by atoms with van der Waals surface area (Å²) in [6, 6.07) is 10.6. The fourth-order valence-corrected chi connectivity index (χ4v) is 2.14. The molecule has 0 spiro atoms. The summed E-state index contributed by atoms with van der Waals surface area (Å²) < 4.78 is 1.77. The highest BCUT2D eigenvalue weighted by Gasteiger charge is 2.10. The van der Waals surface area contributed by atoms with Gasteiger partial charge in [0, 0.05) is 23.3 Å². The monoisotopic (exact) mass is 266 g/mol. The third-order valence-corrected chi connectivity index (χ3v) is 3.11. The first-order valence-electron chi connectivity index (χ1n) is 5.95. The summed E-state index contributed by atoms with van der Waals surface area (Å²) in [5, 5.41) is 9.71. The van der Waals surface area contributed by atoms with Gasteiger partial charge in [-0.25, -0.2) is 9.78 Å². The van der Waals surface area contributed by atoms with Gasteiger partial charge in [-0.1, -0.05) is 18.2 Å². The second-order valence-electron chi connectivity index (χ2n) is 4.30. The number of hydrogen-bond donors (Lipinski definition) is 1. The maximum atomic E-state index is 11.1. The van der Waals surface area contributed by atoms with Crippen molar-refractivity contribution < 1.29 is 14.7 Å². The number of aromatic nitrogens is 2. The van der Waals surface area contributed by atoms with Crippen LogP contribution in [-0.4, -0.2) is 26.9 Å². The Hall–Kier alpha value is -2.95. The molecule has 0 amide bonds. The molecule has 0 aliphatic carbocycles. The maximum absolute atomic E-state index is 11.1. The smallest absolute Gasteiger partial charge is 0.337 e. The van der Waals surface area contributed by atoms with Crippen LogP contribution in [0, 0.1) is 0 Å². The van der Waals surface area contributed by atoms with Gasteiger partial charge in [0.1, 0.15) is 5.82 Å². The van der Waals surface area contributed by atoms with Crippen LogP contribution in [-0.2, 0) is 0 Å². The quantitative estimate of drug-likeness (QED) is 0.739. The van der Waals surface area contributed by atoms with Gasteiger partial charge in [0.05, 0.1) is 11.1 Å². The average Bonchev–Trinajstić information content (AvgIpc) is 2.86. The minimum absolute atomic E-state index is 0.126. The Labute approximate surface area is 114 Å². The van der Waals surface area contributed by atoms with Crippen LogP contribution in [0.3, 0.4) is 0 Å². The largest absolute Gasteiger partial charge is 0.478 e. The van der Waals surface area contributed by atoms with Gasteiger partial charge in [0.15, 0.2) is 6.29 Å². The number of benzene rings is 1. The number of fused-ring (bicyclic) bond motifs is 1. The Morgan fingerprint density at radius 2 is 2.00 bits per heavy atom. The van der Waals surface area contributed by atoms with E-state index in [4.69, 9.17) is 5.11 Å². The highest BCUT2D eigenvalue weighted by molar-refractivity contribution is 5.98. The Bertz CT molecular complexity index is 804. The maximum Gasteiger partial charge on any atom is 0.337 e. The van der Waals surface area contributed by atoms with Crippen molar-refractivity contribution in [1.29, 1.82) is 0 Å². The van der Waals surface area contributed by atoms with Crippen molar-refractivity contribution in [3.63, 3.8) is 0 Å². The lowest BCUT2D eigenvalue weighted by Gasteiger charge is -2.04. The number of carbonyl (C=O) groups excluding carboxylic acids is 1. The highest BCUT2D eigenvalue weighted by atomic mass is 16.4. The molecule has 1 aromatic carbocycles. The number of para-hydroxylation sites is 1. The van der Waals surface area contributed by atoms with Crippen molar-refractivity contribution in [1.82, 2.24) is 9.55 Å². The molecule has 0 aliphatic rings. The topological polar surface area (TPSA) is 72.2 Å². The van der Waals surface area contributed by atoms with E-state index in [0.717, 1.165) is 17.2 Å². The molecule has 3 aromatic rings. The fourth-order valence-electron chi connectivity index (χ4n) is 2.14. The van der Waals surface area contributed by atoms with Crippen LogP contribution in [0.2, 0.25) is 0 Å². The standard InChI is InChI=1S/C15H10N2O3/c18-9-11-8-17(13-4-2-1-3-12(11)13)14-6-5-10(7-16-14)15(19)20/h1-9H,(H,19,20). The zero-order chi connectivity index (χ0) is 14.1. The lowest BCUT2D eigenvalue weighted by atomic mass is 10.2. The molecule has 0 saturated heterocycles. The van der Waals surface area contributed by atoms with Crippen molar-refractivity contribution in [3.8, 4) is 5.82 Å². The number of carbonyl (C=O) groups is 2. The number of hydrogen-bond acceptors (Lipinski definition) is 3. The van der Waals surface area contributed by atoms with Crippen LogP contribution in [0.25, 0.3) is 16.7 Å². The number of aldehydes is 1. The van der Waals surface area contributed by atoms with Gasteiger partial charge >= 0.3 is 5.97 Å². The van der Waals surface area contributed by atoms with Crippen LogP contribution < -0.4 is 0 Å². The number of carboxylic acid groups (broad SMARTS) is 1. The summed E-state index contributed by atoms with van der Waals surface area (Å²) in [6.07, 6.45) is 3.79. The predicted octanol–water partition coefficient (Wildman–Crippen LogP) is 2.54. The molecule has 2 aromatic heterocycles. The van der Waals surface area contributed by atoms with E-state index in [9.17, 15) is 9.59 Å². The van der Waals surface area contributed by atoms with Crippen LogP contribution in [0.1, 0.15) is 20.7 Å².